The summed E-state index contributed by atoms with van der Waals surface area (Å²) in [6.07, 6.45) is 12.1. The van der Waals surface area contributed by atoms with Crippen LogP contribution in [0.5, 0.6) is 0 Å². The SMILES string of the molecule is CC1(C)c2ccccc2-c2ccc(-c3cc(-c4nc(-c5ccccc5)nc(-c5ccccc5)n4)cc(C4CCCCC(C(C)(C)C)CCC(c5ccc6c(c5)Cc5ccccc5-6)CCC4)c3)cc21. The maximum absolute atomic E-state index is 5.30. The van der Waals surface area contributed by atoms with Gasteiger partial charge in [-0.25, -0.2) is 15.0 Å². The molecule has 340 valence electrons. The summed E-state index contributed by atoms with van der Waals surface area (Å²) in [5, 5.41) is 0. The van der Waals surface area contributed by atoms with Gasteiger partial charge in [0.15, 0.2) is 17.5 Å². The molecule has 3 unspecified atom stereocenters. The van der Waals surface area contributed by atoms with Gasteiger partial charge in [0.1, 0.15) is 0 Å². The predicted molar refractivity (Wildman–Crippen MR) is 284 cm³/mol. The van der Waals surface area contributed by atoms with E-state index in [-0.39, 0.29) is 10.8 Å². The molecule has 1 heterocycles. The average Bonchev–Trinajstić information content (AvgIpc) is 3.85. The highest BCUT2D eigenvalue weighted by molar-refractivity contribution is 5.84. The van der Waals surface area contributed by atoms with E-state index in [0.29, 0.717) is 29.4 Å². The van der Waals surface area contributed by atoms with Crippen LogP contribution >= 0.6 is 0 Å². The third-order valence-corrected chi connectivity index (χ3v) is 16.1. The average molecular weight is 888 g/mol. The Kier molecular flexibility index (Phi) is 11.8. The van der Waals surface area contributed by atoms with E-state index in [1.807, 2.05) is 0 Å². The zero-order valence-corrected chi connectivity index (χ0v) is 40.7. The quantitative estimate of drug-likeness (QED) is 0.167. The normalized spacial score (nSPS) is 18.9. The molecule has 0 spiro atoms. The van der Waals surface area contributed by atoms with Gasteiger partial charge in [-0.3, -0.25) is 0 Å². The number of fused-ring (bicyclic) bond motifs is 6. The molecule has 0 amide bonds. The van der Waals surface area contributed by atoms with Gasteiger partial charge in [0.2, 0.25) is 0 Å². The van der Waals surface area contributed by atoms with Crippen LogP contribution in [0.15, 0.2) is 164 Å². The van der Waals surface area contributed by atoms with Crippen molar-refractivity contribution in [3.05, 3.63) is 197 Å². The van der Waals surface area contributed by atoms with Crippen LogP contribution in [0.2, 0.25) is 0 Å². The highest BCUT2D eigenvalue weighted by Crippen LogP contribution is 2.50. The van der Waals surface area contributed by atoms with Gasteiger partial charge < -0.3 is 0 Å². The van der Waals surface area contributed by atoms with Crippen LogP contribution in [0, 0.1) is 11.3 Å². The van der Waals surface area contributed by atoms with E-state index in [0.717, 1.165) is 35.4 Å². The van der Waals surface area contributed by atoms with Crippen molar-refractivity contribution in [1.82, 2.24) is 15.0 Å². The molecule has 0 bridgehead atoms. The maximum atomic E-state index is 5.30. The predicted octanol–water partition coefficient (Wildman–Crippen LogP) is 17.5. The van der Waals surface area contributed by atoms with Crippen molar-refractivity contribution in [3.8, 4) is 67.5 Å². The van der Waals surface area contributed by atoms with Crippen molar-refractivity contribution < 1.29 is 0 Å². The lowest BCUT2D eigenvalue weighted by Gasteiger charge is -2.33. The first-order valence-corrected chi connectivity index (χ1v) is 25.5. The van der Waals surface area contributed by atoms with E-state index < -0.39 is 0 Å². The van der Waals surface area contributed by atoms with E-state index in [4.69, 9.17) is 15.0 Å². The van der Waals surface area contributed by atoms with E-state index >= 15 is 0 Å². The Morgan fingerprint density at radius 3 is 1.68 bits per heavy atom. The second-order valence-electron chi connectivity index (χ2n) is 21.8. The minimum absolute atomic E-state index is 0.0937. The second kappa shape index (κ2) is 18.2. The Morgan fingerprint density at radius 2 is 0.956 bits per heavy atom. The summed E-state index contributed by atoms with van der Waals surface area (Å²) in [5.74, 6) is 3.77. The number of rotatable bonds is 6. The van der Waals surface area contributed by atoms with Crippen molar-refractivity contribution in [2.24, 2.45) is 11.3 Å². The monoisotopic (exact) mass is 888 g/mol. The lowest BCUT2D eigenvalue weighted by Crippen LogP contribution is -2.21. The summed E-state index contributed by atoms with van der Waals surface area (Å²) in [5.41, 5.74) is 19.9. The molecular weight excluding hydrogens is 823 g/mol. The largest absolute Gasteiger partial charge is 0.208 e. The molecule has 8 aromatic rings. The molecular formula is C65H65N3. The molecule has 11 rings (SSSR count). The lowest BCUT2D eigenvalue weighted by atomic mass is 9.72. The van der Waals surface area contributed by atoms with Gasteiger partial charge in [-0.2, -0.15) is 0 Å². The van der Waals surface area contributed by atoms with Gasteiger partial charge in [-0.15, -0.1) is 0 Å². The van der Waals surface area contributed by atoms with Gasteiger partial charge in [0.05, 0.1) is 0 Å². The van der Waals surface area contributed by atoms with E-state index in [1.54, 1.807) is 5.56 Å². The van der Waals surface area contributed by atoms with Crippen LogP contribution in [-0.2, 0) is 11.8 Å². The summed E-state index contributed by atoms with van der Waals surface area (Å²) in [6.45, 7) is 12.2. The molecule has 0 saturated heterocycles. The number of hydrogen-bond acceptors (Lipinski definition) is 3. The zero-order valence-electron chi connectivity index (χ0n) is 40.7. The minimum atomic E-state index is -0.0937. The summed E-state index contributed by atoms with van der Waals surface area (Å²) >= 11 is 0. The van der Waals surface area contributed by atoms with Crippen molar-refractivity contribution in [1.29, 1.82) is 0 Å². The molecule has 1 saturated carbocycles. The van der Waals surface area contributed by atoms with Crippen LogP contribution < -0.4 is 0 Å². The number of hydrogen-bond donors (Lipinski definition) is 0. The standard InChI is InChI=1S/C65H65N3/c1-64(2,3)54-27-14-12-19-43(25-18-26-44(31-34-54)47-32-35-56-52(37-47)38-49-24-13-15-28-55(49)56)50-39-51(48-33-36-58-57-29-16-17-30-59(57)65(4,5)60(58)42-48)41-53(40-50)63-67-61(45-20-8-6-9-21-45)66-62(68-63)46-22-10-7-11-23-46/h6-11,13,15-17,20-24,28-30,32-33,35-37,39-44,54H,12,14,18-19,25-27,31,34,38H2,1-5H3. The summed E-state index contributed by atoms with van der Waals surface area (Å²) in [6, 6.07) is 60.8. The molecule has 0 N–H and O–H groups in total. The topological polar surface area (TPSA) is 38.7 Å². The van der Waals surface area contributed by atoms with Gasteiger partial charge in [0, 0.05) is 22.1 Å². The van der Waals surface area contributed by atoms with Crippen LogP contribution in [0.4, 0.5) is 0 Å². The fraction of sp³-hybridized carbons (Fsp3) is 0.308. The number of benzene rings is 7. The lowest BCUT2D eigenvalue weighted by molar-refractivity contribution is 0.195. The van der Waals surface area contributed by atoms with Crippen molar-refractivity contribution >= 4 is 0 Å². The van der Waals surface area contributed by atoms with E-state index in [9.17, 15) is 0 Å². The molecule has 1 aromatic heterocycles. The number of aromatic nitrogens is 3. The first-order chi connectivity index (χ1) is 33.1. The zero-order chi connectivity index (χ0) is 46.4. The minimum Gasteiger partial charge on any atom is -0.208 e. The van der Waals surface area contributed by atoms with E-state index in [2.05, 4.69) is 198 Å². The Bertz CT molecular complexity index is 3040. The Hall–Kier alpha value is -6.45. The highest BCUT2D eigenvalue weighted by atomic mass is 15.0. The Balaban J connectivity index is 1.00. The molecule has 3 atom stereocenters. The Morgan fingerprint density at radius 1 is 0.397 bits per heavy atom. The molecule has 1 fully saturated rings. The van der Waals surface area contributed by atoms with Crippen LogP contribution in [-0.4, -0.2) is 15.0 Å². The van der Waals surface area contributed by atoms with Crippen LogP contribution in [0.1, 0.15) is 138 Å². The third kappa shape index (κ3) is 8.66. The van der Waals surface area contributed by atoms with Gasteiger partial charge in [-0.1, -0.05) is 199 Å². The second-order valence-corrected chi connectivity index (χ2v) is 21.8. The van der Waals surface area contributed by atoms with Crippen LogP contribution in [0.25, 0.3) is 67.5 Å². The molecule has 0 radical (unpaired) electrons. The smallest absolute Gasteiger partial charge is 0.164 e. The fourth-order valence-electron chi connectivity index (χ4n) is 12.2. The Labute approximate surface area is 405 Å². The fourth-order valence-corrected chi connectivity index (χ4v) is 12.2. The maximum Gasteiger partial charge on any atom is 0.164 e. The first-order valence-electron chi connectivity index (χ1n) is 25.5. The highest BCUT2D eigenvalue weighted by Gasteiger charge is 2.35. The van der Waals surface area contributed by atoms with Crippen LogP contribution in [0.3, 0.4) is 0 Å². The molecule has 7 aromatic carbocycles. The molecule has 3 heteroatoms. The van der Waals surface area contributed by atoms with Gasteiger partial charge >= 0.3 is 0 Å². The summed E-state index contributed by atoms with van der Waals surface area (Å²) in [7, 11) is 0. The third-order valence-electron chi connectivity index (χ3n) is 16.1. The molecule has 3 nitrogen and oxygen atoms in total. The summed E-state index contributed by atoms with van der Waals surface area (Å²) in [4.78, 5) is 15.7. The van der Waals surface area contributed by atoms with Gasteiger partial charge in [-0.05, 0) is 153 Å². The van der Waals surface area contributed by atoms with Crippen molar-refractivity contribution in [3.63, 3.8) is 0 Å². The summed E-state index contributed by atoms with van der Waals surface area (Å²) < 4.78 is 0. The molecule has 3 aliphatic carbocycles. The van der Waals surface area contributed by atoms with Crippen molar-refractivity contribution in [2.75, 3.05) is 0 Å². The first kappa shape index (κ1) is 44.1. The molecule has 3 aliphatic rings. The van der Waals surface area contributed by atoms with E-state index in [1.165, 1.54) is 113 Å². The van der Waals surface area contributed by atoms with Crippen molar-refractivity contribution in [2.45, 2.75) is 116 Å². The number of nitrogens with zero attached hydrogens (tertiary/aromatic N) is 3. The molecule has 0 aliphatic heterocycles. The molecule has 68 heavy (non-hydrogen) atoms. The van der Waals surface area contributed by atoms with Gasteiger partial charge in [0.25, 0.3) is 0 Å².